The van der Waals surface area contributed by atoms with E-state index in [-0.39, 0.29) is 16.5 Å². The van der Waals surface area contributed by atoms with Crippen LogP contribution in [0, 0.1) is 0 Å². The van der Waals surface area contributed by atoms with Crippen molar-refractivity contribution in [2.75, 3.05) is 5.43 Å². The molecule has 1 saturated carbocycles. The summed E-state index contributed by atoms with van der Waals surface area (Å²) in [4.78, 5) is 28.3. The molecule has 1 aliphatic rings. The highest BCUT2D eigenvalue weighted by Gasteiger charge is 2.27. The first-order valence-corrected chi connectivity index (χ1v) is 11.2. The van der Waals surface area contributed by atoms with Gasteiger partial charge < -0.3 is 4.98 Å². The summed E-state index contributed by atoms with van der Waals surface area (Å²) in [6.45, 7) is 0. The van der Waals surface area contributed by atoms with Gasteiger partial charge in [0.2, 0.25) is 10.0 Å². The third-order valence-corrected chi connectivity index (χ3v) is 6.76. The number of H-pyrrole nitrogens is 1. The van der Waals surface area contributed by atoms with E-state index in [1.165, 1.54) is 41.7 Å². The lowest BCUT2D eigenvalue weighted by molar-refractivity contribution is 0.0961. The average molecular weight is 431 g/mol. The number of amides is 1. The second-order valence-electron chi connectivity index (χ2n) is 6.59. The van der Waals surface area contributed by atoms with Gasteiger partial charge in [0, 0.05) is 6.04 Å². The number of hydrogen-bond acceptors (Lipinski definition) is 6. The van der Waals surface area contributed by atoms with E-state index in [0.29, 0.717) is 11.4 Å². The number of sulfonamides is 1. The number of aromatic amines is 1. The van der Waals surface area contributed by atoms with Crippen LogP contribution in [0.15, 0.2) is 63.6 Å². The second-order valence-corrected chi connectivity index (χ2v) is 9.25. The number of aromatic nitrogens is 1. The standard InChI is InChI=1S/C19H18N4O4S2/c24-18-15(9-10-16(20-18)17-2-1-11-28-17)19(25)22-21-12-5-7-14(8-6-12)29(26,27)23-13-3-4-13/h1-2,5-11,13,21,23H,3-4H2,(H,20,24)(H,22,25). The molecule has 29 heavy (non-hydrogen) atoms. The summed E-state index contributed by atoms with van der Waals surface area (Å²) in [5.74, 6) is -0.601. The Balaban J connectivity index is 1.40. The van der Waals surface area contributed by atoms with Gasteiger partial charge in [-0.2, -0.15) is 0 Å². The first kappa shape index (κ1) is 19.4. The smallest absolute Gasteiger partial charge is 0.275 e. The van der Waals surface area contributed by atoms with Crippen LogP contribution in [-0.4, -0.2) is 25.4 Å². The van der Waals surface area contributed by atoms with E-state index in [9.17, 15) is 18.0 Å². The number of nitrogens with one attached hydrogen (secondary N) is 4. The van der Waals surface area contributed by atoms with Crippen LogP contribution in [0.2, 0.25) is 0 Å². The van der Waals surface area contributed by atoms with Crippen LogP contribution in [0.4, 0.5) is 5.69 Å². The molecule has 4 rings (SSSR count). The maximum absolute atomic E-state index is 12.3. The third kappa shape index (κ3) is 4.56. The summed E-state index contributed by atoms with van der Waals surface area (Å²) < 4.78 is 26.9. The average Bonchev–Trinajstić information content (AvgIpc) is 3.33. The van der Waals surface area contributed by atoms with E-state index in [4.69, 9.17) is 0 Å². The summed E-state index contributed by atoms with van der Waals surface area (Å²) in [6, 6.07) is 12.9. The van der Waals surface area contributed by atoms with E-state index in [1.807, 2.05) is 17.5 Å². The molecule has 0 aliphatic heterocycles. The number of anilines is 1. The van der Waals surface area contributed by atoms with Crippen LogP contribution >= 0.6 is 11.3 Å². The normalized spacial score (nSPS) is 13.8. The Morgan fingerprint density at radius 2 is 1.83 bits per heavy atom. The Morgan fingerprint density at radius 3 is 2.45 bits per heavy atom. The summed E-state index contributed by atoms with van der Waals surface area (Å²) >= 11 is 1.49. The molecule has 0 spiro atoms. The predicted molar refractivity (Wildman–Crippen MR) is 111 cm³/mol. The quantitative estimate of drug-likeness (QED) is 0.429. The summed E-state index contributed by atoms with van der Waals surface area (Å²) in [7, 11) is -3.53. The lowest BCUT2D eigenvalue weighted by Crippen LogP contribution is -2.33. The molecule has 0 bridgehead atoms. The number of pyridine rings is 1. The van der Waals surface area contributed by atoms with E-state index in [2.05, 4.69) is 20.6 Å². The molecule has 3 aromatic rings. The molecule has 4 N–H and O–H groups in total. The Labute approximate surface area is 171 Å². The highest BCUT2D eigenvalue weighted by Crippen LogP contribution is 2.23. The maximum Gasteiger partial charge on any atom is 0.275 e. The topological polar surface area (TPSA) is 120 Å². The molecule has 8 nitrogen and oxygen atoms in total. The zero-order chi connectivity index (χ0) is 20.4. The van der Waals surface area contributed by atoms with Crippen LogP contribution in [0.1, 0.15) is 23.2 Å². The van der Waals surface area contributed by atoms with Crippen LogP contribution < -0.4 is 21.1 Å². The molecule has 2 heterocycles. The van der Waals surface area contributed by atoms with Crippen LogP contribution in [0.5, 0.6) is 0 Å². The number of rotatable bonds is 7. The molecule has 0 atom stereocenters. The summed E-state index contributed by atoms with van der Waals surface area (Å²) in [6.07, 6.45) is 1.72. The van der Waals surface area contributed by atoms with Crippen molar-refractivity contribution < 1.29 is 13.2 Å². The van der Waals surface area contributed by atoms with Crippen molar-refractivity contribution in [3.8, 4) is 10.6 Å². The van der Waals surface area contributed by atoms with Crippen LogP contribution in [0.3, 0.4) is 0 Å². The SMILES string of the molecule is O=C(NNc1ccc(S(=O)(=O)NC2CC2)cc1)c1ccc(-c2cccs2)[nH]c1=O. The highest BCUT2D eigenvalue weighted by molar-refractivity contribution is 7.89. The van der Waals surface area contributed by atoms with Gasteiger partial charge in [-0.3, -0.25) is 20.4 Å². The molecule has 1 fully saturated rings. The number of hydrogen-bond donors (Lipinski definition) is 4. The van der Waals surface area contributed by atoms with Crippen LogP contribution in [0.25, 0.3) is 10.6 Å². The first-order valence-electron chi connectivity index (χ1n) is 8.88. The Morgan fingerprint density at radius 1 is 1.07 bits per heavy atom. The van der Waals surface area contributed by atoms with Crippen molar-refractivity contribution >= 4 is 33.0 Å². The van der Waals surface area contributed by atoms with Crippen molar-refractivity contribution in [3.05, 3.63) is 69.8 Å². The van der Waals surface area contributed by atoms with Gasteiger partial charge in [-0.05, 0) is 60.7 Å². The van der Waals surface area contributed by atoms with E-state index < -0.39 is 21.5 Å². The minimum absolute atomic E-state index is 0.0291. The molecular weight excluding hydrogens is 412 g/mol. The molecule has 1 aromatic carbocycles. The fraction of sp³-hybridized carbons (Fsp3) is 0.158. The maximum atomic E-state index is 12.3. The summed E-state index contributed by atoms with van der Waals surface area (Å²) in [5.41, 5.74) is 5.71. The molecule has 1 amide bonds. The van der Waals surface area contributed by atoms with Gasteiger partial charge in [-0.1, -0.05) is 6.07 Å². The van der Waals surface area contributed by atoms with Crippen molar-refractivity contribution in [2.24, 2.45) is 0 Å². The fourth-order valence-corrected chi connectivity index (χ4v) is 4.64. The number of thiophene rings is 1. The third-order valence-electron chi connectivity index (χ3n) is 4.32. The fourth-order valence-electron chi connectivity index (χ4n) is 2.63. The molecule has 0 saturated heterocycles. The van der Waals surface area contributed by atoms with Crippen molar-refractivity contribution in [3.63, 3.8) is 0 Å². The minimum atomic E-state index is -3.53. The number of hydrazine groups is 1. The zero-order valence-electron chi connectivity index (χ0n) is 15.1. The number of benzene rings is 1. The lowest BCUT2D eigenvalue weighted by Gasteiger charge is -2.10. The van der Waals surface area contributed by atoms with E-state index in [1.54, 1.807) is 6.07 Å². The van der Waals surface area contributed by atoms with Gasteiger partial charge in [0.05, 0.1) is 21.2 Å². The molecule has 1 aliphatic carbocycles. The monoisotopic (exact) mass is 430 g/mol. The number of carbonyl (C=O) groups excluding carboxylic acids is 1. The van der Waals surface area contributed by atoms with Gasteiger partial charge >= 0.3 is 0 Å². The Hall–Kier alpha value is -2.95. The number of carbonyl (C=O) groups is 1. The highest BCUT2D eigenvalue weighted by atomic mass is 32.2. The van der Waals surface area contributed by atoms with Gasteiger partial charge in [0.1, 0.15) is 5.56 Å². The predicted octanol–water partition coefficient (Wildman–Crippen LogP) is 2.30. The van der Waals surface area contributed by atoms with Crippen molar-refractivity contribution in [1.29, 1.82) is 0 Å². The molecule has 0 radical (unpaired) electrons. The largest absolute Gasteiger partial charge is 0.321 e. The second kappa shape index (κ2) is 7.82. The molecule has 10 heteroatoms. The first-order chi connectivity index (χ1) is 13.9. The van der Waals surface area contributed by atoms with Gasteiger partial charge in [-0.15, -0.1) is 11.3 Å². The Kier molecular flexibility index (Phi) is 5.22. The molecular formula is C19H18N4O4S2. The summed E-state index contributed by atoms with van der Waals surface area (Å²) in [5, 5.41) is 1.90. The minimum Gasteiger partial charge on any atom is -0.321 e. The van der Waals surface area contributed by atoms with Gasteiger partial charge in [0.25, 0.3) is 11.5 Å². The Bertz CT molecular complexity index is 1180. The van der Waals surface area contributed by atoms with Gasteiger partial charge in [-0.25, -0.2) is 13.1 Å². The molecule has 2 aromatic heterocycles. The molecule has 0 unspecified atom stereocenters. The lowest BCUT2D eigenvalue weighted by atomic mass is 10.2. The zero-order valence-corrected chi connectivity index (χ0v) is 16.8. The van der Waals surface area contributed by atoms with Crippen molar-refractivity contribution in [2.45, 2.75) is 23.8 Å². The molecule has 150 valence electrons. The van der Waals surface area contributed by atoms with Crippen LogP contribution in [-0.2, 0) is 10.0 Å². The van der Waals surface area contributed by atoms with Crippen molar-refractivity contribution in [1.82, 2.24) is 15.1 Å². The van der Waals surface area contributed by atoms with E-state index >= 15 is 0 Å². The van der Waals surface area contributed by atoms with Gasteiger partial charge in [0.15, 0.2) is 0 Å². The van der Waals surface area contributed by atoms with E-state index in [0.717, 1.165) is 17.7 Å².